The lowest BCUT2D eigenvalue weighted by Gasteiger charge is -2.16. The summed E-state index contributed by atoms with van der Waals surface area (Å²) in [4.78, 5) is 30.1. The number of carbonyl (C=O) groups is 2. The van der Waals surface area contributed by atoms with Crippen molar-refractivity contribution in [2.75, 3.05) is 13.2 Å². The largest absolute Gasteiger partial charge is 0.493 e. The van der Waals surface area contributed by atoms with Gasteiger partial charge in [-0.15, -0.1) is 0 Å². The average Bonchev–Trinajstić information content (AvgIpc) is 3.45. The molecule has 0 radical (unpaired) electrons. The molecule has 4 rings (SSSR count). The summed E-state index contributed by atoms with van der Waals surface area (Å²) in [5, 5.41) is 7.37. The minimum Gasteiger partial charge on any atom is -0.493 e. The number of aromatic nitrogens is 2. The lowest BCUT2D eigenvalue weighted by Crippen LogP contribution is -2.41. The zero-order chi connectivity index (χ0) is 30.1. The van der Waals surface area contributed by atoms with E-state index in [1.807, 2.05) is 36.4 Å². The van der Waals surface area contributed by atoms with Gasteiger partial charge < -0.3 is 20.3 Å². The smallest absolute Gasteiger partial charge is 0.251 e. The van der Waals surface area contributed by atoms with Crippen molar-refractivity contribution in [3.63, 3.8) is 0 Å². The van der Waals surface area contributed by atoms with Crippen molar-refractivity contribution in [1.29, 1.82) is 0 Å². The second-order valence-electron chi connectivity index (χ2n) is 9.48. The van der Waals surface area contributed by atoms with Crippen LogP contribution in [0.4, 0.5) is 8.78 Å². The number of benzene rings is 3. The number of hydrogen-bond acceptors (Lipinski definition) is 7. The van der Waals surface area contributed by atoms with Crippen LogP contribution in [0.5, 0.6) is 5.75 Å². The van der Waals surface area contributed by atoms with Gasteiger partial charge in [-0.3, -0.25) is 9.59 Å². The minimum absolute atomic E-state index is 0.124. The SMILES string of the molecule is NCCCCC(NC(=O)c1ccc(F)c(F)c1)C(=O)c1noc(Cc2ccc(OCCc3ccc(Cl)c(Cl)c3)cc2)n1. The van der Waals surface area contributed by atoms with Crippen molar-refractivity contribution in [1.82, 2.24) is 15.5 Å². The quantitative estimate of drug-likeness (QED) is 0.132. The maximum absolute atomic E-state index is 13.6. The predicted octanol–water partition coefficient (Wildman–Crippen LogP) is 5.98. The number of nitrogens with two attached hydrogens (primary N) is 1. The van der Waals surface area contributed by atoms with Crippen molar-refractivity contribution in [3.8, 4) is 5.75 Å². The van der Waals surface area contributed by atoms with Gasteiger partial charge in [-0.1, -0.05) is 46.6 Å². The molecule has 8 nitrogen and oxygen atoms in total. The molecular formula is C30H28Cl2F2N4O4. The number of unbranched alkanes of at least 4 members (excludes halogenated alkanes) is 1. The van der Waals surface area contributed by atoms with Crippen LogP contribution < -0.4 is 15.8 Å². The third-order valence-corrected chi connectivity index (χ3v) is 7.10. The predicted molar refractivity (Wildman–Crippen MR) is 154 cm³/mol. The third kappa shape index (κ3) is 8.58. The third-order valence-electron chi connectivity index (χ3n) is 6.36. The molecule has 1 heterocycles. The maximum atomic E-state index is 13.6. The molecule has 1 aromatic heterocycles. The van der Waals surface area contributed by atoms with E-state index in [4.69, 9.17) is 38.2 Å². The molecular weight excluding hydrogens is 589 g/mol. The molecule has 0 saturated heterocycles. The van der Waals surface area contributed by atoms with E-state index in [9.17, 15) is 18.4 Å². The Morgan fingerprint density at radius 1 is 0.952 bits per heavy atom. The minimum atomic E-state index is -1.17. The van der Waals surface area contributed by atoms with E-state index in [0.29, 0.717) is 48.2 Å². The fourth-order valence-corrected chi connectivity index (χ4v) is 4.40. The zero-order valence-corrected chi connectivity index (χ0v) is 23.9. The summed E-state index contributed by atoms with van der Waals surface area (Å²) < 4.78 is 38.0. The number of halogens is 4. The molecule has 0 aliphatic heterocycles. The van der Waals surface area contributed by atoms with Crippen molar-refractivity contribution in [2.45, 2.75) is 38.1 Å². The Hall–Kier alpha value is -3.86. The normalized spacial score (nSPS) is 11.7. The van der Waals surface area contributed by atoms with E-state index in [1.54, 1.807) is 6.07 Å². The number of ketones is 1. The molecule has 220 valence electrons. The number of nitrogens with one attached hydrogen (secondary N) is 1. The van der Waals surface area contributed by atoms with Gasteiger partial charge in [-0.05, 0) is 79.4 Å². The van der Waals surface area contributed by atoms with Gasteiger partial charge in [0.05, 0.1) is 29.1 Å². The highest BCUT2D eigenvalue weighted by Gasteiger charge is 2.27. The van der Waals surface area contributed by atoms with E-state index in [1.165, 1.54) is 0 Å². The summed E-state index contributed by atoms with van der Waals surface area (Å²) >= 11 is 12.0. The van der Waals surface area contributed by atoms with E-state index < -0.39 is 29.4 Å². The molecule has 42 heavy (non-hydrogen) atoms. The molecule has 0 fully saturated rings. The van der Waals surface area contributed by atoms with E-state index in [0.717, 1.165) is 29.3 Å². The number of nitrogens with zero attached hydrogens (tertiary/aromatic N) is 2. The van der Waals surface area contributed by atoms with Crippen LogP contribution in [0, 0.1) is 11.6 Å². The zero-order valence-electron chi connectivity index (χ0n) is 22.4. The summed E-state index contributed by atoms with van der Waals surface area (Å²) in [6.07, 6.45) is 2.34. The van der Waals surface area contributed by atoms with Crippen LogP contribution in [0.2, 0.25) is 10.0 Å². The van der Waals surface area contributed by atoms with Gasteiger partial charge in [-0.2, -0.15) is 4.98 Å². The molecule has 4 aromatic rings. The highest BCUT2D eigenvalue weighted by Crippen LogP contribution is 2.23. The van der Waals surface area contributed by atoms with Crippen LogP contribution in [0.1, 0.15) is 57.3 Å². The van der Waals surface area contributed by atoms with E-state index in [-0.39, 0.29) is 30.1 Å². The Balaban J connectivity index is 1.34. The summed E-state index contributed by atoms with van der Waals surface area (Å²) in [6, 6.07) is 14.5. The number of amides is 1. The van der Waals surface area contributed by atoms with Crippen molar-refractivity contribution < 1.29 is 27.6 Å². The van der Waals surface area contributed by atoms with Gasteiger partial charge in [0.15, 0.2) is 11.6 Å². The topological polar surface area (TPSA) is 120 Å². The molecule has 0 aliphatic rings. The molecule has 0 saturated carbocycles. The molecule has 12 heteroatoms. The second kappa shape index (κ2) is 14.9. The van der Waals surface area contributed by atoms with Crippen LogP contribution >= 0.6 is 23.2 Å². The Kier molecular flexibility index (Phi) is 11.0. The van der Waals surface area contributed by atoms with Crippen LogP contribution in [-0.4, -0.2) is 41.0 Å². The summed E-state index contributed by atoms with van der Waals surface area (Å²) in [5.74, 6) is -2.86. The van der Waals surface area contributed by atoms with Gasteiger partial charge >= 0.3 is 0 Å². The van der Waals surface area contributed by atoms with Gasteiger partial charge in [-0.25, -0.2) is 8.78 Å². The van der Waals surface area contributed by atoms with Gasteiger partial charge in [0, 0.05) is 12.0 Å². The number of ether oxygens (including phenoxy) is 1. The number of Topliss-reactive ketones (excluding diaryl/α,β-unsaturated/α-hetero) is 1. The number of carbonyl (C=O) groups excluding carboxylic acids is 2. The molecule has 0 spiro atoms. The van der Waals surface area contributed by atoms with Gasteiger partial charge in [0.1, 0.15) is 5.75 Å². The lowest BCUT2D eigenvalue weighted by molar-refractivity contribution is 0.0843. The lowest BCUT2D eigenvalue weighted by atomic mass is 10.0. The standard InChI is InChI=1S/C30H28Cl2F2N4O4/c31-22-10-6-19(15-23(22)32)12-14-41-21-8-4-18(5-9-21)16-27-37-29(38-42-27)28(39)26(3-1-2-13-35)36-30(40)20-7-11-24(33)25(34)17-20/h4-11,15,17,26H,1-3,12-14,16,35H2,(H,36,40). The first-order chi connectivity index (χ1) is 20.2. The average molecular weight is 617 g/mol. The van der Waals surface area contributed by atoms with Crippen molar-refractivity contribution >= 4 is 34.9 Å². The monoisotopic (exact) mass is 616 g/mol. The van der Waals surface area contributed by atoms with Crippen LogP contribution in [0.15, 0.2) is 65.2 Å². The van der Waals surface area contributed by atoms with E-state index in [2.05, 4.69) is 15.5 Å². The molecule has 1 amide bonds. The highest BCUT2D eigenvalue weighted by atomic mass is 35.5. The summed E-state index contributed by atoms with van der Waals surface area (Å²) in [7, 11) is 0. The molecule has 0 aliphatic carbocycles. The Morgan fingerprint density at radius 3 is 2.43 bits per heavy atom. The maximum Gasteiger partial charge on any atom is 0.251 e. The fraction of sp³-hybridized carbons (Fsp3) is 0.267. The first kappa shape index (κ1) is 31.1. The molecule has 3 aromatic carbocycles. The molecule has 1 unspecified atom stereocenters. The summed E-state index contributed by atoms with van der Waals surface area (Å²) in [6.45, 7) is 0.858. The van der Waals surface area contributed by atoms with Crippen LogP contribution in [0.25, 0.3) is 0 Å². The molecule has 3 N–H and O–H groups in total. The first-order valence-corrected chi connectivity index (χ1v) is 14.0. The van der Waals surface area contributed by atoms with Crippen molar-refractivity contribution in [2.24, 2.45) is 5.73 Å². The van der Waals surface area contributed by atoms with Crippen LogP contribution in [-0.2, 0) is 12.8 Å². The highest BCUT2D eigenvalue weighted by molar-refractivity contribution is 6.42. The number of rotatable bonds is 14. The van der Waals surface area contributed by atoms with Gasteiger partial charge in [0.2, 0.25) is 17.5 Å². The van der Waals surface area contributed by atoms with Gasteiger partial charge in [0.25, 0.3) is 5.91 Å². The Labute approximate surface area is 251 Å². The first-order valence-electron chi connectivity index (χ1n) is 13.2. The summed E-state index contributed by atoms with van der Waals surface area (Å²) in [5.41, 5.74) is 7.29. The van der Waals surface area contributed by atoms with Crippen molar-refractivity contribution in [3.05, 3.63) is 111 Å². The Morgan fingerprint density at radius 2 is 1.71 bits per heavy atom. The fourth-order valence-electron chi connectivity index (χ4n) is 4.08. The molecule has 0 bridgehead atoms. The molecule has 1 atom stereocenters. The Bertz CT molecular complexity index is 1530. The van der Waals surface area contributed by atoms with Crippen LogP contribution in [0.3, 0.4) is 0 Å². The number of hydrogen-bond donors (Lipinski definition) is 2. The second-order valence-corrected chi connectivity index (χ2v) is 10.3. The van der Waals surface area contributed by atoms with E-state index >= 15 is 0 Å².